The number of hydrogen-bond acceptors (Lipinski definition) is 5. The van der Waals surface area contributed by atoms with Gasteiger partial charge >= 0.3 is 5.91 Å². The Bertz CT molecular complexity index is 1470. The smallest absolute Gasteiger partial charge is 0.312 e. The van der Waals surface area contributed by atoms with Crippen LogP contribution >= 0.6 is 0 Å². The quantitative estimate of drug-likeness (QED) is 0.420. The summed E-state index contributed by atoms with van der Waals surface area (Å²) in [5, 5.41) is -0.188. The molecule has 3 aromatic heterocycles. The van der Waals surface area contributed by atoms with Crippen molar-refractivity contribution < 1.29 is 13.6 Å². The summed E-state index contributed by atoms with van der Waals surface area (Å²) in [6.45, 7) is 7.71. The SMILES string of the molecule is CC1(C)CCN(Cc2ccc3nc(C=NC(=O)c4cc(=O)c5c(F)cccc5o4)cn3c2)CC1. The molecule has 1 aromatic carbocycles. The normalized spacial score (nSPS) is 16.6. The minimum atomic E-state index is -0.742. The highest BCUT2D eigenvalue weighted by Gasteiger charge is 2.25. The number of aliphatic imine (C=N–C) groups is 1. The molecule has 0 saturated carbocycles. The van der Waals surface area contributed by atoms with Crippen LogP contribution in [0.1, 0.15) is 48.5 Å². The summed E-state index contributed by atoms with van der Waals surface area (Å²) in [4.78, 5) is 35.5. The second-order valence-corrected chi connectivity index (χ2v) is 9.56. The van der Waals surface area contributed by atoms with Gasteiger partial charge in [0.25, 0.3) is 0 Å². The lowest BCUT2D eigenvalue weighted by atomic mass is 9.82. The summed E-state index contributed by atoms with van der Waals surface area (Å²) in [5.74, 6) is -1.69. The van der Waals surface area contributed by atoms with Crippen LogP contribution in [0.2, 0.25) is 0 Å². The maximum atomic E-state index is 13.9. The first kappa shape index (κ1) is 22.2. The van der Waals surface area contributed by atoms with Crippen molar-refractivity contribution in [2.75, 3.05) is 13.1 Å². The van der Waals surface area contributed by atoms with Crippen LogP contribution in [0, 0.1) is 11.2 Å². The number of imidazole rings is 1. The minimum Gasteiger partial charge on any atom is -0.450 e. The van der Waals surface area contributed by atoms with Crippen molar-refractivity contribution >= 4 is 28.7 Å². The van der Waals surface area contributed by atoms with Crippen LogP contribution in [0.5, 0.6) is 0 Å². The van der Waals surface area contributed by atoms with E-state index in [0.717, 1.165) is 31.3 Å². The summed E-state index contributed by atoms with van der Waals surface area (Å²) < 4.78 is 21.2. The van der Waals surface area contributed by atoms with Gasteiger partial charge in [-0.05, 0) is 55.1 Å². The lowest BCUT2D eigenvalue weighted by Crippen LogP contribution is -2.36. The first-order chi connectivity index (χ1) is 16.3. The molecule has 0 atom stereocenters. The highest BCUT2D eigenvalue weighted by molar-refractivity contribution is 6.00. The first-order valence-electron chi connectivity index (χ1n) is 11.3. The maximum Gasteiger partial charge on any atom is 0.312 e. The average Bonchev–Trinajstić information content (AvgIpc) is 3.21. The molecule has 1 fully saturated rings. The molecular formula is C26H25FN4O3. The zero-order valence-electron chi connectivity index (χ0n) is 19.1. The van der Waals surface area contributed by atoms with Gasteiger partial charge in [-0.2, -0.15) is 0 Å². The van der Waals surface area contributed by atoms with Crippen LogP contribution in [0.25, 0.3) is 16.6 Å². The maximum absolute atomic E-state index is 13.9. The summed E-state index contributed by atoms with van der Waals surface area (Å²) in [7, 11) is 0. The fourth-order valence-corrected chi connectivity index (χ4v) is 4.25. The van der Waals surface area contributed by atoms with Crippen molar-refractivity contribution in [3.05, 3.63) is 81.9 Å². The summed E-state index contributed by atoms with van der Waals surface area (Å²) >= 11 is 0. The number of nitrogens with zero attached hydrogens (tertiary/aromatic N) is 4. The minimum absolute atomic E-state index is 0.00331. The van der Waals surface area contributed by atoms with Crippen LogP contribution in [-0.4, -0.2) is 39.5 Å². The van der Waals surface area contributed by atoms with Gasteiger partial charge in [-0.1, -0.05) is 26.0 Å². The number of rotatable bonds is 4. The van der Waals surface area contributed by atoms with Crippen LogP contribution in [0.3, 0.4) is 0 Å². The topological polar surface area (TPSA) is 80.2 Å². The predicted molar refractivity (Wildman–Crippen MR) is 128 cm³/mol. The molecule has 0 N–H and O–H groups in total. The molecule has 0 aliphatic carbocycles. The van der Waals surface area contributed by atoms with E-state index < -0.39 is 17.2 Å². The van der Waals surface area contributed by atoms with Gasteiger partial charge in [0.1, 0.15) is 28.1 Å². The van der Waals surface area contributed by atoms with Gasteiger partial charge in [-0.3, -0.25) is 14.5 Å². The number of carbonyl (C=O) groups is 1. The Morgan fingerprint density at radius 3 is 2.79 bits per heavy atom. The Kier molecular flexibility index (Phi) is 5.61. The molecule has 4 aromatic rings. The zero-order valence-corrected chi connectivity index (χ0v) is 19.1. The fraction of sp³-hybridized carbons (Fsp3) is 0.308. The monoisotopic (exact) mass is 460 g/mol. The molecule has 0 radical (unpaired) electrons. The molecule has 174 valence electrons. The third kappa shape index (κ3) is 4.54. The van der Waals surface area contributed by atoms with Crippen LogP contribution in [0.15, 0.2) is 63.0 Å². The van der Waals surface area contributed by atoms with Crippen molar-refractivity contribution in [1.82, 2.24) is 14.3 Å². The standard InChI is InChI=1S/C26H25FN4O3/c1-26(2)8-10-30(11-9-26)14-17-6-7-23-29-18(16-31(23)15-17)13-28-25(33)22-12-20(32)24-19(27)4-3-5-21(24)34-22/h3-7,12-13,15-16H,8-11,14H2,1-2H3. The third-order valence-corrected chi connectivity index (χ3v) is 6.38. The number of fused-ring (bicyclic) bond motifs is 2. The Morgan fingerprint density at radius 2 is 2.00 bits per heavy atom. The summed E-state index contributed by atoms with van der Waals surface area (Å²) in [5.41, 5.74) is 2.22. The molecular weight excluding hydrogens is 435 g/mol. The van der Waals surface area contributed by atoms with Gasteiger partial charge in [0.15, 0.2) is 11.2 Å². The van der Waals surface area contributed by atoms with Gasteiger partial charge in [0.2, 0.25) is 0 Å². The van der Waals surface area contributed by atoms with Gasteiger partial charge < -0.3 is 8.82 Å². The second-order valence-electron chi connectivity index (χ2n) is 9.56. The van der Waals surface area contributed by atoms with Crippen LogP contribution in [-0.2, 0) is 6.54 Å². The molecule has 1 amide bonds. The van der Waals surface area contributed by atoms with Crippen LogP contribution < -0.4 is 5.43 Å². The van der Waals surface area contributed by atoms with Crippen molar-refractivity contribution in [2.24, 2.45) is 10.4 Å². The second kappa shape index (κ2) is 8.61. The van der Waals surface area contributed by atoms with E-state index in [-0.39, 0.29) is 16.7 Å². The van der Waals surface area contributed by atoms with Crippen molar-refractivity contribution in [2.45, 2.75) is 33.2 Å². The predicted octanol–water partition coefficient (Wildman–Crippen LogP) is 4.46. The van der Waals surface area contributed by atoms with E-state index in [9.17, 15) is 14.0 Å². The molecule has 7 nitrogen and oxygen atoms in total. The highest BCUT2D eigenvalue weighted by atomic mass is 19.1. The molecule has 5 rings (SSSR count). The van der Waals surface area contributed by atoms with E-state index >= 15 is 0 Å². The lowest BCUT2D eigenvalue weighted by Gasteiger charge is -2.36. The van der Waals surface area contributed by atoms with Crippen LogP contribution in [0.4, 0.5) is 4.39 Å². The van der Waals surface area contributed by atoms with E-state index in [0.29, 0.717) is 11.1 Å². The molecule has 1 saturated heterocycles. The van der Waals surface area contributed by atoms with E-state index in [1.54, 1.807) is 6.20 Å². The van der Waals surface area contributed by atoms with Gasteiger partial charge in [-0.25, -0.2) is 14.4 Å². The molecule has 0 unspecified atom stereocenters. The fourth-order valence-electron chi connectivity index (χ4n) is 4.25. The van der Waals surface area contributed by atoms with E-state index in [1.807, 2.05) is 16.7 Å². The summed E-state index contributed by atoms with van der Waals surface area (Å²) in [6, 6.07) is 8.99. The van der Waals surface area contributed by atoms with Crippen molar-refractivity contribution in [3.8, 4) is 0 Å². The third-order valence-electron chi connectivity index (χ3n) is 6.38. The number of halogens is 1. The molecule has 1 aliphatic heterocycles. The number of piperidine rings is 1. The summed E-state index contributed by atoms with van der Waals surface area (Å²) in [6.07, 6.45) is 7.55. The zero-order chi connectivity index (χ0) is 23.9. The lowest BCUT2D eigenvalue weighted by molar-refractivity contribution is 0.0977. The van der Waals surface area contributed by atoms with Gasteiger partial charge in [0.05, 0.1) is 6.21 Å². The number of benzene rings is 1. The van der Waals surface area contributed by atoms with Gasteiger partial charge in [-0.15, -0.1) is 0 Å². The number of aromatic nitrogens is 2. The number of carbonyl (C=O) groups excluding carboxylic acids is 1. The Labute approximate surface area is 195 Å². The van der Waals surface area contributed by atoms with E-state index in [4.69, 9.17) is 4.42 Å². The van der Waals surface area contributed by atoms with E-state index in [2.05, 4.69) is 34.8 Å². The number of pyridine rings is 1. The van der Waals surface area contributed by atoms with Crippen molar-refractivity contribution in [3.63, 3.8) is 0 Å². The number of hydrogen-bond donors (Lipinski definition) is 0. The average molecular weight is 461 g/mol. The largest absolute Gasteiger partial charge is 0.450 e. The number of likely N-dealkylation sites (tertiary alicyclic amines) is 1. The van der Waals surface area contributed by atoms with Gasteiger partial charge in [0, 0.05) is 25.0 Å². The molecule has 8 heteroatoms. The van der Waals surface area contributed by atoms with E-state index in [1.165, 1.54) is 42.8 Å². The molecule has 4 heterocycles. The Morgan fingerprint density at radius 1 is 1.21 bits per heavy atom. The molecule has 0 spiro atoms. The molecule has 34 heavy (non-hydrogen) atoms. The molecule has 1 aliphatic rings. The Balaban J connectivity index is 1.32. The highest BCUT2D eigenvalue weighted by Crippen LogP contribution is 2.30. The molecule has 0 bridgehead atoms. The Hall–Kier alpha value is -3.65. The van der Waals surface area contributed by atoms with Crippen molar-refractivity contribution in [1.29, 1.82) is 0 Å². The number of amides is 1. The first-order valence-corrected chi connectivity index (χ1v) is 11.3.